The van der Waals surface area contributed by atoms with Crippen molar-refractivity contribution in [3.63, 3.8) is 0 Å². The number of carbonyl (C=O) groups excluding carboxylic acids is 1. The van der Waals surface area contributed by atoms with Gasteiger partial charge < -0.3 is 10.2 Å². The number of aliphatic imine (C=N–C) groups is 2. The van der Waals surface area contributed by atoms with Crippen LogP contribution in [0.5, 0.6) is 0 Å². The molecule has 0 aromatic carbocycles. The Labute approximate surface area is 132 Å². The maximum absolute atomic E-state index is 11.9. The lowest BCUT2D eigenvalue weighted by Gasteiger charge is -2.10. The van der Waals surface area contributed by atoms with Gasteiger partial charge in [-0.3, -0.25) is 4.79 Å². The minimum Gasteiger partial charge on any atom is -0.348 e. The van der Waals surface area contributed by atoms with E-state index >= 15 is 0 Å². The highest BCUT2D eigenvalue weighted by atomic mass is 16.1. The Morgan fingerprint density at radius 1 is 1.27 bits per heavy atom. The Bertz CT molecular complexity index is 537. The molecule has 22 heavy (non-hydrogen) atoms. The number of hydrogen-bond donors (Lipinski definition) is 1. The van der Waals surface area contributed by atoms with Gasteiger partial charge in [0, 0.05) is 33.1 Å². The molecule has 0 saturated carbocycles. The van der Waals surface area contributed by atoms with Crippen LogP contribution >= 0.6 is 0 Å². The van der Waals surface area contributed by atoms with E-state index in [4.69, 9.17) is 0 Å². The molecule has 1 N–H and O–H groups in total. The van der Waals surface area contributed by atoms with Gasteiger partial charge >= 0.3 is 0 Å². The molecule has 5 heteroatoms. The third kappa shape index (κ3) is 8.47. The topological polar surface area (TPSA) is 57.1 Å². The van der Waals surface area contributed by atoms with E-state index in [1.165, 1.54) is 12.4 Å². The highest BCUT2D eigenvalue weighted by Gasteiger charge is 2.05. The maximum atomic E-state index is 11.9. The highest BCUT2D eigenvalue weighted by Crippen LogP contribution is 1.94. The lowest BCUT2D eigenvalue weighted by atomic mass is 10.2. The molecule has 1 amide bonds. The van der Waals surface area contributed by atoms with Gasteiger partial charge in [-0.15, -0.1) is 0 Å². The number of allylic oxidation sites excluding steroid dienone is 3. The van der Waals surface area contributed by atoms with Crippen molar-refractivity contribution in [2.75, 3.05) is 20.6 Å². The minimum atomic E-state index is -0.305. The molecule has 0 saturated heterocycles. The van der Waals surface area contributed by atoms with E-state index in [9.17, 15) is 4.79 Å². The Kier molecular flexibility index (Phi) is 9.67. The van der Waals surface area contributed by atoms with E-state index in [-0.39, 0.29) is 11.5 Å². The highest BCUT2D eigenvalue weighted by molar-refractivity contribution is 6.13. The summed E-state index contributed by atoms with van der Waals surface area (Å²) < 4.78 is 0. The molecule has 0 aliphatic carbocycles. The predicted molar refractivity (Wildman–Crippen MR) is 95.1 cm³/mol. The summed E-state index contributed by atoms with van der Waals surface area (Å²) in [5, 5.41) is 2.72. The third-order valence-electron chi connectivity index (χ3n) is 2.35. The molecule has 5 nitrogen and oxygen atoms in total. The molecule has 0 aliphatic rings. The summed E-state index contributed by atoms with van der Waals surface area (Å²) in [6, 6.07) is 0. The van der Waals surface area contributed by atoms with Crippen molar-refractivity contribution in [3.8, 4) is 0 Å². The van der Waals surface area contributed by atoms with E-state index < -0.39 is 0 Å². The quantitative estimate of drug-likeness (QED) is 0.340. The van der Waals surface area contributed by atoms with E-state index in [2.05, 4.69) is 35.0 Å². The van der Waals surface area contributed by atoms with Crippen molar-refractivity contribution in [1.82, 2.24) is 10.2 Å². The van der Waals surface area contributed by atoms with E-state index in [1.54, 1.807) is 19.0 Å². The summed E-state index contributed by atoms with van der Waals surface area (Å²) in [7, 11) is 3.59. The zero-order valence-corrected chi connectivity index (χ0v) is 13.5. The number of rotatable bonds is 7. The summed E-state index contributed by atoms with van der Waals surface area (Å²) >= 11 is 0. The van der Waals surface area contributed by atoms with Crippen LogP contribution in [-0.4, -0.2) is 43.6 Å². The predicted octanol–water partition coefficient (Wildman–Crippen LogP) is 2.48. The lowest BCUT2D eigenvalue weighted by molar-refractivity contribution is -0.116. The summed E-state index contributed by atoms with van der Waals surface area (Å²) in [6.07, 6.45) is 10.2. The second kappa shape index (κ2) is 11.0. The van der Waals surface area contributed by atoms with Gasteiger partial charge in [0.2, 0.25) is 5.96 Å². The van der Waals surface area contributed by atoms with Crippen LogP contribution < -0.4 is 5.32 Å². The van der Waals surface area contributed by atoms with Crippen LogP contribution in [0.2, 0.25) is 0 Å². The molecule has 0 unspecified atom stereocenters. The van der Waals surface area contributed by atoms with E-state index in [0.29, 0.717) is 12.5 Å². The first-order valence-electron chi connectivity index (χ1n) is 6.76. The van der Waals surface area contributed by atoms with Crippen molar-refractivity contribution < 1.29 is 4.79 Å². The normalized spacial score (nSPS) is 12.0. The zero-order chi connectivity index (χ0) is 17.0. The summed E-state index contributed by atoms with van der Waals surface area (Å²) in [6.45, 7) is 13.3. The van der Waals surface area contributed by atoms with Crippen molar-refractivity contribution in [3.05, 3.63) is 61.4 Å². The molecule has 0 rings (SSSR count). The average Bonchev–Trinajstić information content (AvgIpc) is 2.48. The molecular weight excluding hydrogens is 276 g/mol. The largest absolute Gasteiger partial charge is 0.348 e. The standard InChI is InChI=1S/C17H24N4O/c1-7-9-10-11-14(3)12-19-16(22)15(4)13-20-17(18-8-2)21(5)6/h7-11,13H,2-4,12H2,1,5-6H3,(H,19,22)/b9-7-,11-10-,18-17?,20-13-. The van der Waals surface area contributed by atoms with Crippen molar-refractivity contribution in [2.24, 2.45) is 9.98 Å². The maximum Gasteiger partial charge on any atom is 0.252 e. The number of hydrogen-bond acceptors (Lipinski definition) is 2. The fraction of sp³-hybridized carbons (Fsp3) is 0.235. The minimum absolute atomic E-state index is 0.240. The van der Waals surface area contributed by atoms with Gasteiger partial charge in [-0.25, -0.2) is 9.98 Å². The van der Waals surface area contributed by atoms with Crippen LogP contribution in [0.1, 0.15) is 6.92 Å². The van der Waals surface area contributed by atoms with Crippen LogP contribution in [0.15, 0.2) is 71.4 Å². The Hall–Kier alpha value is -2.69. The second-order valence-electron chi connectivity index (χ2n) is 4.52. The van der Waals surface area contributed by atoms with Crippen LogP contribution in [0.3, 0.4) is 0 Å². The second-order valence-corrected chi connectivity index (χ2v) is 4.52. The number of nitrogens with zero attached hydrogens (tertiary/aromatic N) is 3. The molecule has 0 aromatic rings. The fourth-order valence-electron chi connectivity index (χ4n) is 1.21. The fourth-order valence-corrected chi connectivity index (χ4v) is 1.21. The molecule has 0 atom stereocenters. The first-order valence-corrected chi connectivity index (χ1v) is 6.76. The molecule has 118 valence electrons. The third-order valence-corrected chi connectivity index (χ3v) is 2.35. The molecule has 0 fully saturated rings. The van der Waals surface area contributed by atoms with E-state index in [0.717, 1.165) is 5.57 Å². The molecular formula is C17H24N4O. The van der Waals surface area contributed by atoms with Gasteiger partial charge in [0.25, 0.3) is 5.91 Å². The molecule has 0 aliphatic heterocycles. The van der Waals surface area contributed by atoms with Gasteiger partial charge in [-0.1, -0.05) is 44.0 Å². The van der Waals surface area contributed by atoms with Gasteiger partial charge in [-0.2, -0.15) is 0 Å². The summed E-state index contributed by atoms with van der Waals surface area (Å²) in [5.74, 6) is 0.128. The Morgan fingerprint density at radius 2 is 1.95 bits per heavy atom. The summed E-state index contributed by atoms with van der Waals surface area (Å²) in [4.78, 5) is 21.6. The van der Waals surface area contributed by atoms with Gasteiger partial charge in [0.05, 0.1) is 5.57 Å². The van der Waals surface area contributed by atoms with Gasteiger partial charge in [0.1, 0.15) is 0 Å². The molecule has 0 heterocycles. The monoisotopic (exact) mass is 300 g/mol. The molecule has 0 radical (unpaired) electrons. The number of nitrogens with one attached hydrogen (secondary N) is 1. The summed E-state index contributed by atoms with van der Waals surface area (Å²) in [5.41, 5.74) is 1.03. The number of carbonyl (C=O) groups is 1. The first kappa shape index (κ1) is 19.3. The molecule has 0 bridgehead atoms. The van der Waals surface area contributed by atoms with Gasteiger partial charge in [0.15, 0.2) is 0 Å². The number of guanidine groups is 1. The van der Waals surface area contributed by atoms with Gasteiger partial charge in [-0.05, 0) is 12.5 Å². The smallest absolute Gasteiger partial charge is 0.252 e. The van der Waals surface area contributed by atoms with Crippen molar-refractivity contribution in [2.45, 2.75) is 6.92 Å². The Morgan fingerprint density at radius 3 is 2.50 bits per heavy atom. The number of amides is 1. The van der Waals surface area contributed by atoms with Crippen LogP contribution in [-0.2, 0) is 4.79 Å². The Balaban J connectivity index is 4.50. The van der Waals surface area contributed by atoms with Crippen molar-refractivity contribution in [1.29, 1.82) is 0 Å². The van der Waals surface area contributed by atoms with E-state index in [1.807, 2.05) is 31.2 Å². The molecule has 0 spiro atoms. The SMILES string of the molecule is C=CN=C(/N=C\C(=C)C(=O)NCC(=C)/C=C\C=C/C)N(C)C. The first-order chi connectivity index (χ1) is 10.4. The average molecular weight is 300 g/mol. The van der Waals surface area contributed by atoms with Crippen molar-refractivity contribution >= 4 is 18.1 Å². The molecule has 0 aromatic heterocycles. The lowest BCUT2D eigenvalue weighted by Crippen LogP contribution is -2.27. The zero-order valence-electron chi connectivity index (χ0n) is 13.5. The van der Waals surface area contributed by atoms with Crippen LogP contribution in [0.4, 0.5) is 0 Å². The van der Waals surface area contributed by atoms with Crippen LogP contribution in [0, 0.1) is 0 Å². The van der Waals surface area contributed by atoms with Crippen LogP contribution in [0.25, 0.3) is 0 Å².